The number of amides is 1. The molecule has 0 radical (unpaired) electrons. The van der Waals surface area contributed by atoms with Crippen molar-refractivity contribution in [2.24, 2.45) is 0 Å². The second-order valence-electron chi connectivity index (χ2n) is 6.87. The largest absolute Gasteiger partial charge is 0.416 e. The molecule has 0 fully saturated rings. The lowest BCUT2D eigenvalue weighted by Crippen LogP contribution is -2.24. The Bertz CT molecular complexity index is 1050. The van der Waals surface area contributed by atoms with Gasteiger partial charge in [-0.05, 0) is 47.9 Å². The summed E-state index contributed by atoms with van der Waals surface area (Å²) in [6, 6.07) is 10.9. The lowest BCUT2D eigenvalue weighted by molar-refractivity contribution is -0.137. The smallest absolute Gasteiger partial charge is 0.312 e. The first-order valence-electron chi connectivity index (χ1n) is 9.13. The average Bonchev–Trinajstić information content (AvgIpc) is 3.13. The van der Waals surface area contributed by atoms with Gasteiger partial charge in [0.1, 0.15) is 0 Å². The highest BCUT2D eigenvalue weighted by Gasteiger charge is 2.30. The van der Waals surface area contributed by atoms with Crippen molar-refractivity contribution in [3.05, 3.63) is 81.4 Å². The van der Waals surface area contributed by atoms with Crippen molar-refractivity contribution in [3.63, 3.8) is 0 Å². The highest BCUT2D eigenvalue weighted by molar-refractivity contribution is 7.15. The summed E-state index contributed by atoms with van der Waals surface area (Å²) in [5.74, 6) is -0.244. The third-order valence-corrected chi connectivity index (χ3v) is 5.67. The van der Waals surface area contributed by atoms with Gasteiger partial charge in [-0.25, -0.2) is 4.98 Å². The zero-order valence-electron chi connectivity index (χ0n) is 15.3. The van der Waals surface area contributed by atoms with Crippen molar-refractivity contribution < 1.29 is 18.0 Å². The molecule has 150 valence electrons. The maximum Gasteiger partial charge on any atom is 0.416 e. The highest BCUT2D eigenvalue weighted by atomic mass is 32.1. The Morgan fingerprint density at radius 3 is 2.86 bits per heavy atom. The summed E-state index contributed by atoms with van der Waals surface area (Å²) in [5.41, 5.74) is 2.81. The number of hydrogen-bond donors (Lipinski definition) is 2. The molecule has 0 saturated carbocycles. The molecule has 1 aromatic heterocycles. The lowest BCUT2D eigenvalue weighted by atomic mass is 9.98. The monoisotopic (exact) mass is 417 g/mol. The minimum absolute atomic E-state index is 0.244. The van der Waals surface area contributed by atoms with E-state index in [4.69, 9.17) is 0 Å². The minimum atomic E-state index is -4.37. The molecule has 0 aliphatic carbocycles. The van der Waals surface area contributed by atoms with Crippen molar-refractivity contribution in [1.29, 1.82) is 0 Å². The lowest BCUT2D eigenvalue weighted by Gasteiger charge is -2.17. The number of fused-ring (bicyclic) bond motifs is 1. The van der Waals surface area contributed by atoms with E-state index >= 15 is 0 Å². The number of carbonyl (C=O) groups excluding carboxylic acids is 1. The molecule has 1 aliphatic rings. The summed E-state index contributed by atoms with van der Waals surface area (Å²) in [6.07, 6.45) is -1.58. The van der Waals surface area contributed by atoms with E-state index in [0.29, 0.717) is 22.7 Å². The quantitative estimate of drug-likeness (QED) is 0.650. The number of benzene rings is 2. The van der Waals surface area contributed by atoms with Crippen LogP contribution in [0.4, 0.5) is 18.3 Å². The van der Waals surface area contributed by atoms with Crippen LogP contribution in [-0.2, 0) is 25.6 Å². The van der Waals surface area contributed by atoms with Crippen LogP contribution >= 0.6 is 11.3 Å². The van der Waals surface area contributed by atoms with Gasteiger partial charge >= 0.3 is 6.18 Å². The maximum atomic E-state index is 12.9. The van der Waals surface area contributed by atoms with Crippen molar-refractivity contribution in [1.82, 2.24) is 10.3 Å². The zero-order chi connectivity index (χ0) is 20.4. The van der Waals surface area contributed by atoms with Gasteiger partial charge in [0.15, 0.2) is 5.13 Å². The van der Waals surface area contributed by atoms with Gasteiger partial charge in [0.2, 0.25) is 0 Å². The number of alkyl halides is 3. The first-order valence-corrected chi connectivity index (χ1v) is 9.95. The first kappa shape index (κ1) is 19.6. The molecule has 29 heavy (non-hydrogen) atoms. The predicted octanol–water partition coefficient (Wildman–Crippen LogP) is 4.65. The Morgan fingerprint density at radius 2 is 2.03 bits per heavy atom. The fourth-order valence-electron chi connectivity index (χ4n) is 3.29. The van der Waals surface area contributed by atoms with Gasteiger partial charge in [0.05, 0.1) is 5.56 Å². The topological polar surface area (TPSA) is 54.0 Å². The van der Waals surface area contributed by atoms with Gasteiger partial charge in [0.25, 0.3) is 5.91 Å². The summed E-state index contributed by atoms with van der Waals surface area (Å²) < 4.78 is 38.6. The van der Waals surface area contributed by atoms with E-state index in [2.05, 4.69) is 15.6 Å². The van der Waals surface area contributed by atoms with Crippen LogP contribution in [0.1, 0.15) is 37.5 Å². The van der Waals surface area contributed by atoms with E-state index in [1.54, 1.807) is 18.3 Å². The minimum Gasteiger partial charge on any atom is -0.312 e. The van der Waals surface area contributed by atoms with Gasteiger partial charge in [-0.15, -0.1) is 11.3 Å². The van der Waals surface area contributed by atoms with E-state index in [1.807, 2.05) is 12.1 Å². The molecule has 1 aliphatic heterocycles. The highest BCUT2D eigenvalue weighted by Crippen LogP contribution is 2.30. The van der Waals surface area contributed by atoms with Crippen LogP contribution in [0.15, 0.2) is 48.7 Å². The molecular weight excluding hydrogens is 399 g/mol. The van der Waals surface area contributed by atoms with Gasteiger partial charge in [-0.2, -0.15) is 13.2 Å². The molecule has 2 aromatic carbocycles. The van der Waals surface area contributed by atoms with E-state index < -0.39 is 11.7 Å². The van der Waals surface area contributed by atoms with Crippen LogP contribution in [0, 0.1) is 0 Å². The third kappa shape index (κ3) is 4.65. The van der Waals surface area contributed by atoms with Gasteiger partial charge in [0, 0.05) is 29.6 Å². The van der Waals surface area contributed by atoms with Crippen LogP contribution in [0.25, 0.3) is 0 Å². The maximum absolute atomic E-state index is 12.9. The summed E-state index contributed by atoms with van der Waals surface area (Å²) in [6.45, 7) is 1.70. The number of aromatic nitrogens is 1. The van der Waals surface area contributed by atoms with Crippen LogP contribution < -0.4 is 10.6 Å². The van der Waals surface area contributed by atoms with Gasteiger partial charge in [-0.3, -0.25) is 10.1 Å². The Kier molecular flexibility index (Phi) is 5.38. The van der Waals surface area contributed by atoms with Crippen LogP contribution in [0.2, 0.25) is 0 Å². The predicted molar refractivity (Wildman–Crippen MR) is 106 cm³/mol. The Hall–Kier alpha value is -2.71. The number of anilines is 1. The zero-order valence-corrected chi connectivity index (χ0v) is 16.2. The molecule has 8 heteroatoms. The normalized spacial score (nSPS) is 13.8. The molecular formula is C21H18F3N3OS. The number of thiazole rings is 1. The van der Waals surface area contributed by atoms with E-state index in [9.17, 15) is 18.0 Å². The van der Waals surface area contributed by atoms with E-state index in [0.717, 1.165) is 36.5 Å². The van der Waals surface area contributed by atoms with Crippen molar-refractivity contribution in [2.45, 2.75) is 25.6 Å². The first-order chi connectivity index (χ1) is 13.9. The fraction of sp³-hybridized carbons (Fsp3) is 0.238. The second-order valence-corrected chi connectivity index (χ2v) is 7.99. The van der Waals surface area contributed by atoms with Crippen molar-refractivity contribution in [2.75, 3.05) is 11.9 Å². The summed E-state index contributed by atoms with van der Waals surface area (Å²) >= 11 is 1.26. The SMILES string of the molecule is O=C(Nc1ncc(Cc2cccc(C(F)(F)F)c2)s1)c1ccc2c(c1)CCNC2. The number of hydrogen-bond acceptors (Lipinski definition) is 4. The number of halogens is 3. The van der Waals surface area contributed by atoms with Crippen LogP contribution in [0.5, 0.6) is 0 Å². The van der Waals surface area contributed by atoms with Gasteiger partial charge < -0.3 is 5.32 Å². The van der Waals surface area contributed by atoms with Gasteiger partial charge in [-0.1, -0.05) is 24.3 Å². The molecule has 0 unspecified atom stereocenters. The molecule has 4 rings (SSSR count). The molecule has 4 nitrogen and oxygen atoms in total. The molecule has 0 bridgehead atoms. The third-order valence-electron chi connectivity index (χ3n) is 4.76. The Morgan fingerprint density at radius 1 is 1.17 bits per heavy atom. The van der Waals surface area contributed by atoms with E-state index in [-0.39, 0.29) is 5.91 Å². The molecule has 0 saturated heterocycles. The summed E-state index contributed by atoms with van der Waals surface area (Å²) in [5, 5.41) is 6.50. The van der Waals surface area contributed by atoms with Crippen LogP contribution in [-0.4, -0.2) is 17.4 Å². The van der Waals surface area contributed by atoms with Crippen molar-refractivity contribution >= 4 is 22.4 Å². The standard InChI is InChI=1S/C21H18F3N3OS/c22-21(23,24)17-3-1-2-13(8-17)9-18-12-26-20(29-18)27-19(28)15-4-5-16-11-25-7-6-14(16)10-15/h1-5,8,10,12,25H,6-7,9,11H2,(H,26,27,28). The molecule has 0 spiro atoms. The average molecular weight is 417 g/mol. The molecule has 2 heterocycles. The summed E-state index contributed by atoms with van der Waals surface area (Å²) in [4.78, 5) is 17.5. The number of carbonyl (C=O) groups is 1. The van der Waals surface area contributed by atoms with Crippen LogP contribution in [0.3, 0.4) is 0 Å². The molecule has 2 N–H and O–H groups in total. The van der Waals surface area contributed by atoms with E-state index in [1.165, 1.54) is 28.5 Å². The molecule has 0 atom stereocenters. The summed E-state index contributed by atoms with van der Waals surface area (Å²) in [7, 11) is 0. The number of nitrogens with one attached hydrogen (secondary N) is 2. The second kappa shape index (κ2) is 7.96. The van der Waals surface area contributed by atoms with Crippen molar-refractivity contribution in [3.8, 4) is 0 Å². The number of nitrogens with zero attached hydrogens (tertiary/aromatic N) is 1. The fourth-order valence-corrected chi connectivity index (χ4v) is 4.14. The number of rotatable bonds is 4. The Balaban J connectivity index is 1.44. The molecule has 1 amide bonds. The molecule has 3 aromatic rings. The Labute approximate surface area is 169 Å².